The smallest absolute Gasteiger partial charge is 0.323 e. The summed E-state index contributed by atoms with van der Waals surface area (Å²) in [6.07, 6.45) is 4.73. The molecule has 0 saturated heterocycles. The summed E-state index contributed by atoms with van der Waals surface area (Å²) in [4.78, 5) is 24.1. The van der Waals surface area contributed by atoms with E-state index in [0.29, 0.717) is 18.9 Å². The van der Waals surface area contributed by atoms with Crippen LogP contribution in [0, 0.1) is 5.92 Å². The van der Waals surface area contributed by atoms with Crippen LogP contribution in [0.1, 0.15) is 19.3 Å². The molecule has 1 saturated carbocycles. The second-order valence-corrected chi connectivity index (χ2v) is 5.43. The van der Waals surface area contributed by atoms with Crippen LogP contribution in [-0.2, 0) is 9.59 Å². The van der Waals surface area contributed by atoms with Crippen LogP contribution in [0.3, 0.4) is 0 Å². The van der Waals surface area contributed by atoms with E-state index < -0.39 is 12.0 Å². The van der Waals surface area contributed by atoms with Gasteiger partial charge < -0.3 is 15.7 Å². The molecule has 1 aliphatic rings. The standard InChI is InChI=1S/C11H20N2O3S/c1-17-5-4-9(12)11(16)13(7-10(14)15)6-8-2-3-8/h8-9H,2-7,12H2,1H3,(H,14,15)/t9-/m0/s1. The van der Waals surface area contributed by atoms with E-state index in [9.17, 15) is 9.59 Å². The maximum Gasteiger partial charge on any atom is 0.323 e. The number of rotatable bonds is 8. The summed E-state index contributed by atoms with van der Waals surface area (Å²) in [5.41, 5.74) is 5.78. The van der Waals surface area contributed by atoms with Gasteiger partial charge in [0, 0.05) is 6.54 Å². The molecule has 1 amide bonds. The van der Waals surface area contributed by atoms with Gasteiger partial charge >= 0.3 is 5.97 Å². The number of thioether (sulfide) groups is 1. The zero-order valence-electron chi connectivity index (χ0n) is 10.1. The van der Waals surface area contributed by atoms with Crippen molar-refractivity contribution in [3.05, 3.63) is 0 Å². The molecule has 1 atom stereocenters. The second kappa shape index (κ2) is 6.86. The Morgan fingerprint density at radius 1 is 1.53 bits per heavy atom. The van der Waals surface area contributed by atoms with Crippen LogP contribution in [0.15, 0.2) is 0 Å². The average Bonchev–Trinajstić information content (AvgIpc) is 3.07. The van der Waals surface area contributed by atoms with Crippen molar-refractivity contribution >= 4 is 23.6 Å². The fourth-order valence-corrected chi connectivity index (χ4v) is 2.10. The lowest BCUT2D eigenvalue weighted by Gasteiger charge is -2.23. The Labute approximate surface area is 106 Å². The third kappa shape index (κ3) is 5.41. The summed E-state index contributed by atoms with van der Waals surface area (Å²) in [5, 5.41) is 8.79. The molecule has 0 aliphatic heterocycles. The minimum absolute atomic E-state index is 0.228. The zero-order chi connectivity index (χ0) is 12.8. The first-order valence-corrected chi connectivity index (χ1v) is 7.19. The normalized spacial score (nSPS) is 16.6. The van der Waals surface area contributed by atoms with Crippen molar-refractivity contribution in [1.29, 1.82) is 0 Å². The summed E-state index contributed by atoms with van der Waals surface area (Å²) < 4.78 is 0. The molecular formula is C11H20N2O3S. The van der Waals surface area contributed by atoms with Crippen LogP contribution in [0.5, 0.6) is 0 Å². The van der Waals surface area contributed by atoms with Crippen molar-refractivity contribution in [2.24, 2.45) is 11.7 Å². The van der Waals surface area contributed by atoms with Crippen molar-refractivity contribution in [3.8, 4) is 0 Å². The fraction of sp³-hybridized carbons (Fsp3) is 0.818. The SMILES string of the molecule is CSCC[C@H](N)C(=O)N(CC(=O)O)CC1CC1. The molecule has 0 aromatic rings. The van der Waals surface area contributed by atoms with Gasteiger partial charge in [-0.25, -0.2) is 0 Å². The number of hydrogen-bond donors (Lipinski definition) is 2. The zero-order valence-corrected chi connectivity index (χ0v) is 10.9. The molecule has 17 heavy (non-hydrogen) atoms. The highest BCUT2D eigenvalue weighted by Crippen LogP contribution is 2.29. The molecule has 1 fully saturated rings. The fourth-order valence-electron chi connectivity index (χ4n) is 1.61. The Bertz CT molecular complexity index is 282. The van der Waals surface area contributed by atoms with Crippen LogP contribution in [0.25, 0.3) is 0 Å². The Morgan fingerprint density at radius 2 is 2.18 bits per heavy atom. The first kappa shape index (κ1) is 14.3. The highest BCUT2D eigenvalue weighted by Gasteiger charge is 2.29. The van der Waals surface area contributed by atoms with Gasteiger partial charge in [0.2, 0.25) is 5.91 Å². The van der Waals surface area contributed by atoms with Crippen molar-refractivity contribution < 1.29 is 14.7 Å². The molecule has 1 rings (SSSR count). The van der Waals surface area contributed by atoms with Crippen LogP contribution >= 0.6 is 11.8 Å². The quantitative estimate of drug-likeness (QED) is 0.659. The molecule has 0 heterocycles. The summed E-state index contributed by atoms with van der Waals surface area (Å²) in [6.45, 7) is 0.306. The van der Waals surface area contributed by atoms with Gasteiger partial charge in [0.05, 0.1) is 6.04 Å². The van der Waals surface area contributed by atoms with Crippen LogP contribution in [-0.4, -0.2) is 53.0 Å². The topological polar surface area (TPSA) is 83.6 Å². The number of hydrogen-bond acceptors (Lipinski definition) is 4. The van der Waals surface area contributed by atoms with Crippen molar-refractivity contribution in [3.63, 3.8) is 0 Å². The summed E-state index contributed by atoms with van der Waals surface area (Å²) in [6, 6.07) is -0.569. The van der Waals surface area contributed by atoms with Gasteiger partial charge in [0.25, 0.3) is 0 Å². The van der Waals surface area contributed by atoms with E-state index in [2.05, 4.69) is 0 Å². The van der Waals surface area contributed by atoms with E-state index in [1.165, 1.54) is 4.90 Å². The highest BCUT2D eigenvalue weighted by molar-refractivity contribution is 7.98. The Hall–Kier alpha value is -0.750. The predicted octanol–water partition coefficient (Wildman–Crippen LogP) is 0.390. The number of carbonyl (C=O) groups is 2. The predicted molar refractivity (Wildman–Crippen MR) is 67.9 cm³/mol. The largest absolute Gasteiger partial charge is 0.480 e. The molecule has 0 unspecified atom stereocenters. The van der Waals surface area contributed by atoms with E-state index in [-0.39, 0.29) is 12.5 Å². The van der Waals surface area contributed by atoms with Gasteiger partial charge in [-0.05, 0) is 37.2 Å². The van der Waals surface area contributed by atoms with Crippen molar-refractivity contribution in [1.82, 2.24) is 4.90 Å². The Balaban J connectivity index is 2.47. The third-order valence-electron chi connectivity index (χ3n) is 2.76. The maximum atomic E-state index is 12.0. The molecule has 0 aromatic heterocycles. The van der Waals surface area contributed by atoms with Gasteiger partial charge in [0.1, 0.15) is 6.54 Å². The minimum Gasteiger partial charge on any atom is -0.480 e. The lowest BCUT2D eigenvalue weighted by molar-refractivity contribution is -0.145. The molecule has 0 radical (unpaired) electrons. The van der Waals surface area contributed by atoms with E-state index >= 15 is 0 Å². The Kier molecular flexibility index (Phi) is 5.77. The summed E-state index contributed by atoms with van der Waals surface area (Å²) >= 11 is 1.63. The van der Waals surface area contributed by atoms with Crippen LogP contribution in [0.4, 0.5) is 0 Å². The van der Waals surface area contributed by atoms with Gasteiger partial charge in [-0.3, -0.25) is 9.59 Å². The molecule has 0 spiro atoms. The third-order valence-corrected chi connectivity index (χ3v) is 3.41. The van der Waals surface area contributed by atoms with Gasteiger partial charge in [-0.1, -0.05) is 0 Å². The van der Waals surface area contributed by atoms with Gasteiger partial charge in [0.15, 0.2) is 0 Å². The maximum absolute atomic E-state index is 12.0. The lowest BCUT2D eigenvalue weighted by atomic mass is 10.2. The number of nitrogens with zero attached hydrogens (tertiary/aromatic N) is 1. The number of aliphatic carboxylic acids is 1. The minimum atomic E-state index is -0.976. The van der Waals surface area contributed by atoms with E-state index in [1.54, 1.807) is 11.8 Å². The number of carboxylic acids is 1. The van der Waals surface area contributed by atoms with Crippen LogP contribution in [0.2, 0.25) is 0 Å². The lowest BCUT2D eigenvalue weighted by Crippen LogP contribution is -2.47. The molecular weight excluding hydrogens is 240 g/mol. The van der Waals surface area contributed by atoms with Gasteiger partial charge in [-0.2, -0.15) is 11.8 Å². The highest BCUT2D eigenvalue weighted by atomic mass is 32.2. The van der Waals surface area contributed by atoms with Gasteiger partial charge in [-0.15, -0.1) is 0 Å². The molecule has 98 valence electrons. The molecule has 0 bridgehead atoms. The van der Waals surface area contributed by atoms with E-state index in [4.69, 9.17) is 10.8 Å². The van der Waals surface area contributed by atoms with E-state index in [0.717, 1.165) is 18.6 Å². The number of carboxylic acid groups (broad SMARTS) is 1. The first-order chi connectivity index (χ1) is 8.04. The van der Waals surface area contributed by atoms with E-state index in [1.807, 2.05) is 6.26 Å². The monoisotopic (exact) mass is 260 g/mol. The second-order valence-electron chi connectivity index (χ2n) is 4.44. The molecule has 5 nitrogen and oxygen atoms in total. The molecule has 0 aromatic carbocycles. The number of nitrogens with two attached hydrogens (primary N) is 1. The molecule has 6 heteroatoms. The number of carbonyl (C=O) groups excluding carboxylic acids is 1. The molecule has 1 aliphatic carbocycles. The van der Waals surface area contributed by atoms with Crippen LogP contribution < -0.4 is 5.73 Å². The van der Waals surface area contributed by atoms with Crippen molar-refractivity contribution in [2.75, 3.05) is 25.1 Å². The van der Waals surface area contributed by atoms with Crippen molar-refractivity contribution in [2.45, 2.75) is 25.3 Å². The summed E-state index contributed by atoms with van der Waals surface area (Å²) in [5.74, 6) is 0.0903. The average molecular weight is 260 g/mol. The summed E-state index contributed by atoms with van der Waals surface area (Å²) in [7, 11) is 0. The number of amides is 1. The Morgan fingerprint density at radius 3 is 2.65 bits per heavy atom. The molecule has 3 N–H and O–H groups in total. The first-order valence-electron chi connectivity index (χ1n) is 5.79.